The average molecular weight is 271 g/mol. The van der Waals surface area contributed by atoms with Crippen molar-refractivity contribution in [2.45, 2.75) is 58.8 Å². The van der Waals surface area contributed by atoms with Gasteiger partial charge < -0.3 is 5.41 Å². The molecule has 0 aliphatic heterocycles. The first-order valence-corrected chi connectivity index (χ1v) is 8.01. The Bertz CT molecular complexity index is 396. The highest BCUT2D eigenvalue weighted by Crippen LogP contribution is 2.22. The number of nitrogens with one attached hydrogen (secondary N) is 1. The summed E-state index contributed by atoms with van der Waals surface area (Å²) in [6.45, 7) is 4.45. The van der Waals surface area contributed by atoms with Crippen molar-refractivity contribution >= 4 is 6.21 Å². The molecule has 1 unspecified atom stereocenters. The standard InChI is InChI=1S/C19H29N/c1-3-5-6-9-19(14-15-20)16-18-12-7-10-17(4-2)11-8-13-18/h7-8,10,12-15,18,20H,3-6,9,11,16H2,1-2H3/b12-7+,13-8-,17-10-,19-14-,20-15?. The zero-order valence-electron chi connectivity index (χ0n) is 13.1. The molecule has 0 fully saturated rings. The van der Waals surface area contributed by atoms with Gasteiger partial charge in [0, 0.05) is 6.21 Å². The van der Waals surface area contributed by atoms with Gasteiger partial charge in [-0.25, -0.2) is 0 Å². The molecular formula is C19H29N. The van der Waals surface area contributed by atoms with E-state index in [0.717, 1.165) is 25.7 Å². The van der Waals surface area contributed by atoms with Crippen LogP contribution in [-0.4, -0.2) is 6.21 Å². The summed E-state index contributed by atoms with van der Waals surface area (Å²) in [7, 11) is 0. The molecule has 1 atom stereocenters. The van der Waals surface area contributed by atoms with E-state index in [1.807, 2.05) is 6.08 Å². The van der Waals surface area contributed by atoms with Gasteiger partial charge >= 0.3 is 0 Å². The van der Waals surface area contributed by atoms with E-state index in [2.05, 4.69) is 44.2 Å². The van der Waals surface area contributed by atoms with Crippen LogP contribution < -0.4 is 0 Å². The van der Waals surface area contributed by atoms with E-state index in [0.29, 0.717) is 5.92 Å². The zero-order valence-corrected chi connectivity index (χ0v) is 13.1. The Morgan fingerprint density at radius 2 is 2.15 bits per heavy atom. The molecule has 1 aliphatic carbocycles. The Morgan fingerprint density at radius 3 is 2.85 bits per heavy atom. The molecule has 0 saturated heterocycles. The third-order valence-corrected chi connectivity index (χ3v) is 3.83. The molecule has 1 heteroatoms. The molecule has 1 aliphatic rings. The van der Waals surface area contributed by atoms with Crippen LogP contribution >= 0.6 is 0 Å². The maximum atomic E-state index is 7.31. The minimum absolute atomic E-state index is 0.484. The molecule has 1 rings (SSSR count). The van der Waals surface area contributed by atoms with E-state index in [-0.39, 0.29) is 0 Å². The Labute approximate surface area is 124 Å². The van der Waals surface area contributed by atoms with Gasteiger partial charge in [-0.15, -0.1) is 0 Å². The van der Waals surface area contributed by atoms with Gasteiger partial charge in [-0.1, -0.05) is 68.2 Å². The van der Waals surface area contributed by atoms with Crippen LogP contribution in [0.1, 0.15) is 58.8 Å². The first kappa shape index (κ1) is 16.7. The molecule has 0 aromatic carbocycles. The minimum Gasteiger partial charge on any atom is -0.309 e. The zero-order chi connectivity index (χ0) is 14.6. The molecule has 110 valence electrons. The number of unbranched alkanes of at least 4 members (excludes halogenated alkanes) is 2. The lowest BCUT2D eigenvalue weighted by Gasteiger charge is -2.13. The molecule has 0 amide bonds. The smallest absolute Gasteiger partial charge is 0.0177 e. The van der Waals surface area contributed by atoms with Crippen LogP contribution in [0.5, 0.6) is 0 Å². The second kappa shape index (κ2) is 10.4. The summed E-state index contributed by atoms with van der Waals surface area (Å²) in [6, 6.07) is 0. The third kappa shape index (κ3) is 6.70. The largest absolute Gasteiger partial charge is 0.309 e. The highest BCUT2D eigenvalue weighted by molar-refractivity contribution is 5.68. The summed E-state index contributed by atoms with van der Waals surface area (Å²) < 4.78 is 0. The first-order chi connectivity index (χ1) is 9.80. The first-order valence-electron chi connectivity index (χ1n) is 8.01. The van der Waals surface area contributed by atoms with E-state index in [4.69, 9.17) is 5.41 Å². The van der Waals surface area contributed by atoms with Crippen LogP contribution in [0.25, 0.3) is 0 Å². The van der Waals surface area contributed by atoms with Gasteiger partial charge in [-0.3, -0.25) is 0 Å². The number of allylic oxidation sites excluding steroid dienone is 8. The second-order valence-electron chi connectivity index (χ2n) is 5.51. The van der Waals surface area contributed by atoms with Crippen LogP contribution in [-0.2, 0) is 0 Å². The summed E-state index contributed by atoms with van der Waals surface area (Å²) in [5.74, 6) is 0.484. The molecule has 0 aromatic heterocycles. The number of rotatable bonds is 8. The van der Waals surface area contributed by atoms with Crippen molar-refractivity contribution in [1.82, 2.24) is 0 Å². The third-order valence-electron chi connectivity index (χ3n) is 3.83. The molecule has 0 saturated carbocycles. The monoisotopic (exact) mass is 271 g/mol. The Hall–Kier alpha value is -1.37. The van der Waals surface area contributed by atoms with Crippen molar-refractivity contribution in [3.05, 3.63) is 47.6 Å². The van der Waals surface area contributed by atoms with Crippen molar-refractivity contribution in [3.8, 4) is 0 Å². The number of hydrogen-bond donors (Lipinski definition) is 1. The summed E-state index contributed by atoms with van der Waals surface area (Å²) in [6.07, 6.45) is 23.0. The Kier molecular flexibility index (Phi) is 8.69. The molecule has 1 nitrogen and oxygen atoms in total. The van der Waals surface area contributed by atoms with Gasteiger partial charge in [0.1, 0.15) is 0 Å². The topological polar surface area (TPSA) is 23.9 Å². The van der Waals surface area contributed by atoms with Gasteiger partial charge in [0.15, 0.2) is 0 Å². The Balaban J connectivity index is 2.60. The second-order valence-corrected chi connectivity index (χ2v) is 5.51. The van der Waals surface area contributed by atoms with Crippen LogP contribution in [0.15, 0.2) is 47.6 Å². The highest BCUT2D eigenvalue weighted by atomic mass is 14.3. The predicted molar refractivity (Wildman–Crippen MR) is 90.4 cm³/mol. The molecule has 0 radical (unpaired) electrons. The van der Waals surface area contributed by atoms with Crippen LogP contribution in [0.3, 0.4) is 0 Å². The molecule has 20 heavy (non-hydrogen) atoms. The highest BCUT2D eigenvalue weighted by Gasteiger charge is 2.06. The average Bonchev–Trinajstić information content (AvgIpc) is 2.42. The van der Waals surface area contributed by atoms with Gasteiger partial charge in [0.2, 0.25) is 0 Å². The fraction of sp³-hybridized carbons (Fsp3) is 0.526. The van der Waals surface area contributed by atoms with Crippen molar-refractivity contribution in [2.24, 2.45) is 5.92 Å². The summed E-state index contributed by atoms with van der Waals surface area (Å²) in [4.78, 5) is 0. The predicted octanol–water partition coefficient (Wildman–Crippen LogP) is 6.00. The lowest BCUT2D eigenvalue weighted by atomic mass is 9.92. The molecule has 0 spiro atoms. The van der Waals surface area contributed by atoms with Gasteiger partial charge in [-0.05, 0) is 44.1 Å². The maximum Gasteiger partial charge on any atom is 0.0177 e. The van der Waals surface area contributed by atoms with E-state index in [9.17, 15) is 0 Å². The molecule has 0 aromatic rings. The van der Waals surface area contributed by atoms with Gasteiger partial charge in [0.05, 0.1) is 0 Å². The minimum atomic E-state index is 0.484. The summed E-state index contributed by atoms with van der Waals surface area (Å²) in [5.41, 5.74) is 2.90. The lowest BCUT2D eigenvalue weighted by Crippen LogP contribution is -1.98. The van der Waals surface area contributed by atoms with Gasteiger partial charge in [-0.2, -0.15) is 0 Å². The Morgan fingerprint density at radius 1 is 1.30 bits per heavy atom. The maximum absolute atomic E-state index is 7.31. The molecule has 0 bridgehead atoms. The van der Waals surface area contributed by atoms with E-state index in [1.165, 1.54) is 36.6 Å². The van der Waals surface area contributed by atoms with Crippen LogP contribution in [0, 0.1) is 11.3 Å². The van der Waals surface area contributed by atoms with Crippen LogP contribution in [0.4, 0.5) is 0 Å². The SMILES string of the molecule is CCCCC/C(=C/C=N)CC1/C=C\C/C(CC)=C\C=C\1. The van der Waals surface area contributed by atoms with Crippen molar-refractivity contribution in [2.75, 3.05) is 0 Å². The van der Waals surface area contributed by atoms with Gasteiger partial charge in [0.25, 0.3) is 0 Å². The van der Waals surface area contributed by atoms with Crippen molar-refractivity contribution in [1.29, 1.82) is 5.41 Å². The molecule has 1 N–H and O–H groups in total. The molecular weight excluding hydrogens is 242 g/mol. The van der Waals surface area contributed by atoms with Crippen LogP contribution in [0.2, 0.25) is 0 Å². The van der Waals surface area contributed by atoms with Crippen molar-refractivity contribution in [3.63, 3.8) is 0 Å². The van der Waals surface area contributed by atoms with E-state index >= 15 is 0 Å². The molecule has 0 heterocycles. The fourth-order valence-electron chi connectivity index (χ4n) is 2.54. The summed E-state index contributed by atoms with van der Waals surface area (Å²) in [5, 5.41) is 7.31. The quantitative estimate of drug-likeness (QED) is 0.318. The number of hydrogen-bond acceptors (Lipinski definition) is 1. The lowest BCUT2D eigenvalue weighted by molar-refractivity contribution is 0.673. The normalized spacial score (nSPS) is 25.2. The summed E-state index contributed by atoms with van der Waals surface area (Å²) >= 11 is 0. The fourth-order valence-corrected chi connectivity index (χ4v) is 2.54. The van der Waals surface area contributed by atoms with E-state index in [1.54, 1.807) is 0 Å². The van der Waals surface area contributed by atoms with Crippen molar-refractivity contribution < 1.29 is 0 Å². The van der Waals surface area contributed by atoms with E-state index < -0.39 is 0 Å².